The molecule has 3 saturated carbocycles. The number of pyridine rings is 1. The maximum atomic E-state index is 14.7. The van der Waals surface area contributed by atoms with Crippen LogP contribution in [0.3, 0.4) is 0 Å². The number of aryl methyl sites for hydroxylation is 1. The summed E-state index contributed by atoms with van der Waals surface area (Å²) in [5.74, 6) is -1.42. The molecule has 7 rings (SSSR count). The van der Waals surface area contributed by atoms with Crippen LogP contribution in [0.15, 0.2) is 36.2 Å². The van der Waals surface area contributed by atoms with Gasteiger partial charge in [-0.3, -0.25) is 14.4 Å². The number of carbonyl (C=O) groups is 5. The highest BCUT2D eigenvalue weighted by molar-refractivity contribution is 7.14. The van der Waals surface area contributed by atoms with Gasteiger partial charge < -0.3 is 40.2 Å². The number of carboxylic acids is 1. The van der Waals surface area contributed by atoms with Crippen molar-refractivity contribution in [3.63, 3.8) is 0 Å². The number of methoxy groups -OCH3 is 1. The van der Waals surface area contributed by atoms with Crippen molar-refractivity contribution in [1.29, 1.82) is 0 Å². The van der Waals surface area contributed by atoms with Gasteiger partial charge in [0.25, 0.3) is 0 Å². The van der Waals surface area contributed by atoms with Crippen LogP contribution < -0.4 is 25.4 Å². The number of rotatable bonds is 15. The smallest absolute Gasteiger partial charge is 0.408 e. The summed E-state index contributed by atoms with van der Waals surface area (Å²) in [5, 5.41) is 21.6. The number of benzene rings is 1. The molecule has 4 aliphatic rings. The number of carboxylic acid groups (broad SMARTS) is 1. The largest absolute Gasteiger partial charge is 0.496 e. The SMILES string of the molecule is C=CC1CC1(NC(=O)C1CC(Oc2cc(-c3csc(NC(=O)CC4CCCC4)n3)nc3c(CC)c(OC)ccc23)CN1C(=O)C(NC(=O)OC1CCCC1)C(C)(C)C)C(=O)O. The molecule has 61 heavy (non-hydrogen) atoms. The van der Waals surface area contributed by atoms with E-state index in [0.29, 0.717) is 57.7 Å². The van der Waals surface area contributed by atoms with Crippen LogP contribution >= 0.6 is 11.3 Å². The third kappa shape index (κ3) is 9.48. The van der Waals surface area contributed by atoms with Crippen molar-refractivity contribution in [2.45, 2.75) is 135 Å². The molecule has 16 heteroatoms. The summed E-state index contributed by atoms with van der Waals surface area (Å²) in [6.45, 7) is 11.2. The molecular weight excluding hydrogens is 801 g/mol. The van der Waals surface area contributed by atoms with E-state index in [0.717, 1.165) is 56.9 Å². The number of aromatic nitrogens is 2. The van der Waals surface area contributed by atoms with Gasteiger partial charge in [-0.2, -0.15) is 0 Å². The van der Waals surface area contributed by atoms with E-state index < -0.39 is 58.9 Å². The minimum absolute atomic E-state index is 0.0270. The van der Waals surface area contributed by atoms with Gasteiger partial charge in [0.15, 0.2) is 5.13 Å². The Morgan fingerprint density at radius 3 is 2.39 bits per heavy atom. The summed E-state index contributed by atoms with van der Waals surface area (Å²) in [5.41, 5.74) is 0.154. The van der Waals surface area contributed by atoms with Crippen molar-refractivity contribution in [2.24, 2.45) is 17.3 Å². The molecule has 1 saturated heterocycles. The summed E-state index contributed by atoms with van der Waals surface area (Å²) >= 11 is 1.31. The number of likely N-dealkylation sites (tertiary alicyclic amines) is 1. The second-order valence-corrected chi connectivity index (χ2v) is 18.8. The predicted octanol–water partition coefficient (Wildman–Crippen LogP) is 7.03. The fraction of sp³-hybridized carbons (Fsp3) is 0.578. The number of anilines is 1. The van der Waals surface area contributed by atoms with E-state index >= 15 is 0 Å². The van der Waals surface area contributed by atoms with Crippen LogP contribution in [-0.2, 0) is 30.3 Å². The molecule has 3 aromatic rings. The third-order valence-corrected chi connectivity index (χ3v) is 13.4. The quantitative estimate of drug-likeness (QED) is 0.115. The number of hydrogen-bond acceptors (Lipinski definition) is 11. The van der Waals surface area contributed by atoms with Gasteiger partial charge in [-0.15, -0.1) is 17.9 Å². The molecule has 0 radical (unpaired) electrons. The fourth-order valence-corrected chi connectivity index (χ4v) is 9.87. The molecule has 3 heterocycles. The Kier molecular flexibility index (Phi) is 12.9. The van der Waals surface area contributed by atoms with E-state index in [9.17, 15) is 29.1 Å². The lowest BCUT2D eigenvalue weighted by Crippen LogP contribution is -2.59. The number of fused-ring (bicyclic) bond motifs is 1. The van der Waals surface area contributed by atoms with Crippen molar-refractivity contribution < 1.29 is 43.3 Å². The Labute approximate surface area is 360 Å². The number of nitrogens with zero attached hydrogens (tertiary/aromatic N) is 3. The van der Waals surface area contributed by atoms with Gasteiger partial charge in [-0.25, -0.2) is 19.6 Å². The molecule has 4 N–H and O–H groups in total. The van der Waals surface area contributed by atoms with Crippen molar-refractivity contribution in [3.05, 3.63) is 41.8 Å². The lowest BCUT2D eigenvalue weighted by atomic mass is 9.85. The Bertz CT molecular complexity index is 2170. The first-order valence-corrected chi connectivity index (χ1v) is 22.4. The van der Waals surface area contributed by atoms with Gasteiger partial charge in [-0.05, 0) is 74.8 Å². The summed E-state index contributed by atoms with van der Waals surface area (Å²) < 4.78 is 18.2. The molecule has 2 aromatic heterocycles. The Balaban J connectivity index is 1.20. The number of ether oxygens (including phenoxy) is 3. The van der Waals surface area contributed by atoms with Crippen LogP contribution in [0, 0.1) is 17.3 Å². The molecule has 1 aromatic carbocycles. The number of aliphatic carboxylic acids is 1. The molecule has 0 spiro atoms. The molecule has 5 atom stereocenters. The molecule has 15 nitrogen and oxygen atoms in total. The standard InChI is InChI=1S/C45H58N6O9S/c1-7-26-22-45(26,41(55)56)50-39(53)33-20-28(23-51(33)40(54)38(44(3,4)5)49-43(57)60-27-15-11-12-16-27)59-35-21-31(46-37-29(8-2)34(58-6)18-17-30(35)37)32-24-61-42(47-32)48-36(52)19-25-13-9-10-14-25/h7,17-18,21,24-28,33,38H,1,8-16,19-20,22-23H2,2-6H3,(H,49,57)(H,50,53)(H,55,56)(H,47,48,52). The molecule has 4 fully saturated rings. The summed E-state index contributed by atoms with van der Waals surface area (Å²) in [6, 6.07) is 3.25. The maximum Gasteiger partial charge on any atom is 0.408 e. The van der Waals surface area contributed by atoms with Crippen molar-refractivity contribution in [2.75, 3.05) is 19.0 Å². The Morgan fingerprint density at radius 1 is 1.03 bits per heavy atom. The number of hydrogen-bond donors (Lipinski definition) is 4. The van der Waals surface area contributed by atoms with Crippen LogP contribution in [0.1, 0.15) is 104 Å². The molecule has 0 bridgehead atoms. The monoisotopic (exact) mass is 858 g/mol. The highest BCUT2D eigenvalue weighted by Gasteiger charge is 2.61. The maximum absolute atomic E-state index is 14.7. The van der Waals surface area contributed by atoms with Crippen molar-refractivity contribution in [3.8, 4) is 22.9 Å². The highest BCUT2D eigenvalue weighted by Crippen LogP contribution is 2.45. The van der Waals surface area contributed by atoms with Crippen molar-refractivity contribution in [1.82, 2.24) is 25.5 Å². The number of nitrogens with one attached hydrogen (secondary N) is 3. The van der Waals surface area contributed by atoms with Gasteiger partial charge >= 0.3 is 12.1 Å². The second kappa shape index (κ2) is 18.0. The van der Waals surface area contributed by atoms with E-state index in [2.05, 4.69) is 22.5 Å². The van der Waals surface area contributed by atoms with Crippen LogP contribution in [0.5, 0.6) is 11.5 Å². The first-order valence-electron chi connectivity index (χ1n) is 21.5. The Morgan fingerprint density at radius 2 is 1.75 bits per heavy atom. The number of amides is 4. The van der Waals surface area contributed by atoms with E-state index in [1.165, 1.54) is 22.3 Å². The first-order chi connectivity index (χ1) is 29.1. The van der Waals surface area contributed by atoms with Crippen LogP contribution in [-0.4, -0.2) is 93.2 Å². The zero-order chi connectivity index (χ0) is 43.6. The van der Waals surface area contributed by atoms with E-state index in [4.69, 9.17) is 24.2 Å². The van der Waals surface area contributed by atoms with Crippen LogP contribution in [0.25, 0.3) is 22.3 Å². The van der Waals surface area contributed by atoms with Gasteiger partial charge in [0.2, 0.25) is 17.7 Å². The number of carbonyl (C=O) groups excluding carboxylic acids is 4. The topological polar surface area (TPSA) is 198 Å². The van der Waals surface area contributed by atoms with Crippen LogP contribution in [0.2, 0.25) is 0 Å². The number of alkyl carbamates (subject to hydrolysis) is 1. The molecule has 3 aliphatic carbocycles. The van der Waals surface area contributed by atoms with E-state index in [1.54, 1.807) is 13.2 Å². The normalized spacial score (nSPS) is 23.4. The lowest BCUT2D eigenvalue weighted by Gasteiger charge is -2.35. The van der Waals surface area contributed by atoms with Gasteiger partial charge in [0, 0.05) is 41.2 Å². The third-order valence-electron chi connectivity index (χ3n) is 12.7. The van der Waals surface area contributed by atoms with Gasteiger partial charge in [0.1, 0.15) is 47.0 Å². The highest BCUT2D eigenvalue weighted by atomic mass is 32.1. The summed E-state index contributed by atoms with van der Waals surface area (Å²) in [4.78, 5) is 78.7. The average molecular weight is 859 g/mol. The van der Waals surface area contributed by atoms with Gasteiger partial charge in [0.05, 0.1) is 24.9 Å². The molecule has 328 valence electrons. The molecule has 4 amide bonds. The van der Waals surface area contributed by atoms with E-state index in [1.807, 2.05) is 45.2 Å². The van der Waals surface area contributed by atoms with E-state index in [-0.39, 0.29) is 31.4 Å². The fourth-order valence-electron chi connectivity index (χ4n) is 9.15. The first kappa shape index (κ1) is 43.8. The van der Waals surface area contributed by atoms with Gasteiger partial charge in [-0.1, -0.05) is 46.6 Å². The zero-order valence-corrected chi connectivity index (χ0v) is 36.5. The number of thiazole rings is 1. The average Bonchev–Trinajstić information content (AvgIpc) is 3.85. The second-order valence-electron chi connectivity index (χ2n) is 18.0. The lowest BCUT2D eigenvalue weighted by molar-refractivity contribution is -0.146. The Hall–Kier alpha value is -5.25. The molecular formula is C45H58N6O9S. The zero-order valence-electron chi connectivity index (χ0n) is 35.7. The molecule has 5 unspecified atom stereocenters. The summed E-state index contributed by atoms with van der Waals surface area (Å²) in [7, 11) is 1.60. The molecule has 1 aliphatic heterocycles. The van der Waals surface area contributed by atoms with Crippen molar-refractivity contribution >= 4 is 57.2 Å². The predicted molar refractivity (Wildman–Crippen MR) is 230 cm³/mol. The minimum Gasteiger partial charge on any atom is -0.496 e. The van der Waals surface area contributed by atoms with Crippen LogP contribution in [0.4, 0.5) is 9.93 Å². The minimum atomic E-state index is -1.53. The summed E-state index contributed by atoms with van der Waals surface area (Å²) in [6.07, 6.45) is 8.93.